The minimum atomic E-state index is 0.462. The highest BCUT2D eigenvalue weighted by Gasteiger charge is 2.33. The molecule has 2 aliphatic rings. The molecule has 3 rings (SSSR count). The normalized spacial score (nSPS) is 28.1. The van der Waals surface area contributed by atoms with Gasteiger partial charge in [-0.05, 0) is 51.1 Å². The molecule has 1 aliphatic heterocycles. The molecule has 2 heteroatoms. The van der Waals surface area contributed by atoms with Crippen molar-refractivity contribution in [2.24, 2.45) is 5.92 Å². The summed E-state index contributed by atoms with van der Waals surface area (Å²) < 4.78 is 0. The Morgan fingerprint density at radius 2 is 1.95 bits per heavy atom. The maximum Gasteiger partial charge on any atom is 0.120 e. The topological polar surface area (TPSA) is 23.5 Å². The molecule has 1 aromatic carbocycles. The van der Waals surface area contributed by atoms with Gasteiger partial charge in [-0.25, -0.2) is 0 Å². The van der Waals surface area contributed by atoms with Crippen LogP contribution in [0.15, 0.2) is 18.2 Å². The van der Waals surface area contributed by atoms with E-state index in [1.807, 2.05) is 12.1 Å². The Balaban J connectivity index is 1.75. The number of hydrogen-bond acceptors (Lipinski definition) is 2. The zero-order valence-corrected chi connectivity index (χ0v) is 11.9. The Morgan fingerprint density at radius 1 is 1.16 bits per heavy atom. The summed E-state index contributed by atoms with van der Waals surface area (Å²) in [6.07, 6.45) is 8.33. The van der Waals surface area contributed by atoms with Crippen molar-refractivity contribution >= 4 is 0 Å². The van der Waals surface area contributed by atoms with Crippen LogP contribution in [0.2, 0.25) is 0 Å². The fraction of sp³-hybridized carbons (Fsp3) is 0.647. The van der Waals surface area contributed by atoms with Crippen LogP contribution in [0.1, 0.15) is 49.7 Å². The first-order chi connectivity index (χ1) is 9.24. The molecule has 0 bridgehead atoms. The lowest BCUT2D eigenvalue weighted by Gasteiger charge is -2.44. The highest BCUT2D eigenvalue weighted by Crippen LogP contribution is 2.36. The molecule has 0 spiro atoms. The molecule has 2 unspecified atom stereocenters. The van der Waals surface area contributed by atoms with Crippen LogP contribution < -0.4 is 0 Å². The number of fused-ring (bicyclic) bond motifs is 1. The minimum absolute atomic E-state index is 0.462. The minimum Gasteiger partial charge on any atom is -0.508 e. The maximum absolute atomic E-state index is 10.0. The van der Waals surface area contributed by atoms with Crippen LogP contribution in [-0.2, 0) is 6.54 Å². The lowest BCUT2D eigenvalue weighted by molar-refractivity contribution is 0.0541. The van der Waals surface area contributed by atoms with E-state index in [1.165, 1.54) is 50.6 Å². The molecule has 1 saturated heterocycles. The van der Waals surface area contributed by atoms with Gasteiger partial charge in [0.1, 0.15) is 5.75 Å². The highest BCUT2D eigenvalue weighted by molar-refractivity contribution is 5.35. The Bertz CT molecular complexity index is 441. The van der Waals surface area contributed by atoms with E-state index in [9.17, 15) is 5.11 Å². The number of rotatable bonds is 2. The monoisotopic (exact) mass is 259 g/mol. The third-order valence-electron chi connectivity index (χ3n) is 4.97. The van der Waals surface area contributed by atoms with Gasteiger partial charge in [0.25, 0.3) is 0 Å². The van der Waals surface area contributed by atoms with Crippen LogP contribution in [0.4, 0.5) is 0 Å². The second-order valence-electron chi connectivity index (χ2n) is 6.36. The van der Waals surface area contributed by atoms with Gasteiger partial charge in [0.05, 0.1) is 0 Å². The SMILES string of the molecule is Cc1ccc(O)c(CN2CCCC3CCCCC32)c1. The number of benzene rings is 1. The van der Waals surface area contributed by atoms with Crippen molar-refractivity contribution in [1.29, 1.82) is 0 Å². The molecule has 19 heavy (non-hydrogen) atoms. The fourth-order valence-corrected chi connectivity index (χ4v) is 3.98. The zero-order valence-electron chi connectivity index (χ0n) is 11.9. The summed E-state index contributed by atoms with van der Waals surface area (Å²) >= 11 is 0. The van der Waals surface area contributed by atoms with Crippen LogP contribution in [0.25, 0.3) is 0 Å². The smallest absolute Gasteiger partial charge is 0.120 e. The van der Waals surface area contributed by atoms with E-state index in [2.05, 4.69) is 17.9 Å². The largest absolute Gasteiger partial charge is 0.508 e. The van der Waals surface area contributed by atoms with Gasteiger partial charge in [-0.1, -0.05) is 30.5 Å². The summed E-state index contributed by atoms with van der Waals surface area (Å²) in [7, 11) is 0. The zero-order chi connectivity index (χ0) is 13.2. The lowest BCUT2D eigenvalue weighted by atomic mass is 9.78. The van der Waals surface area contributed by atoms with E-state index >= 15 is 0 Å². The standard InChI is InChI=1S/C17H25NO/c1-13-8-9-17(19)15(11-13)12-18-10-4-6-14-5-2-3-7-16(14)18/h8-9,11,14,16,19H,2-7,10,12H2,1H3. The molecule has 0 aromatic heterocycles. The van der Waals surface area contributed by atoms with Crippen LogP contribution in [-0.4, -0.2) is 22.6 Å². The van der Waals surface area contributed by atoms with Crippen LogP contribution in [0, 0.1) is 12.8 Å². The summed E-state index contributed by atoms with van der Waals surface area (Å²) in [6, 6.07) is 6.73. The van der Waals surface area contributed by atoms with Gasteiger partial charge in [0.2, 0.25) is 0 Å². The average molecular weight is 259 g/mol. The Labute approximate surface area is 116 Å². The highest BCUT2D eigenvalue weighted by atomic mass is 16.3. The van der Waals surface area contributed by atoms with E-state index in [0.717, 1.165) is 24.1 Å². The summed E-state index contributed by atoms with van der Waals surface area (Å²) in [5.41, 5.74) is 2.34. The second-order valence-corrected chi connectivity index (χ2v) is 6.36. The van der Waals surface area contributed by atoms with Crippen molar-refractivity contribution < 1.29 is 5.11 Å². The van der Waals surface area contributed by atoms with Gasteiger partial charge in [-0.2, -0.15) is 0 Å². The number of aryl methyl sites for hydroxylation is 1. The summed E-state index contributed by atoms with van der Waals surface area (Å²) in [4.78, 5) is 2.63. The number of likely N-dealkylation sites (tertiary alicyclic amines) is 1. The van der Waals surface area contributed by atoms with Gasteiger partial charge >= 0.3 is 0 Å². The van der Waals surface area contributed by atoms with Crippen molar-refractivity contribution in [3.05, 3.63) is 29.3 Å². The molecule has 2 fully saturated rings. The number of nitrogens with zero attached hydrogens (tertiary/aromatic N) is 1. The van der Waals surface area contributed by atoms with Gasteiger partial charge in [0.15, 0.2) is 0 Å². The van der Waals surface area contributed by atoms with Crippen molar-refractivity contribution in [3.8, 4) is 5.75 Å². The molecular weight excluding hydrogens is 234 g/mol. The second kappa shape index (κ2) is 5.54. The van der Waals surface area contributed by atoms with Crippen LogP contribution in [0.5, 0.6) is 5.75 Å². The molecule has 0 amide bonds. The first kappa shape index (κ1) is 13.0. The number of phenolic OH excluding ortho intramolecular Hbond substituents is 1. The molecule has 0 radical (unpaired) electrons. The number of piperidine rings is 1. The van der Waals surface area contributed by atoms with Crippen molar-refractivity contribution in [2.45, 2.75) is 58.0 Å². The Kier molecular flexibility index (Phi) is 3.79. The molecule has 104 valence electrons. The van der Waals surface area contributed by atoms with Crippen LogP contribution in [0.3, 0.4) is 0 Å². The molecule has 2 nitrogen and oxygen atoms in total. The maximum atomic E-state index is 10.0. The van der Waals surface area contributed by atoms with E-state index in [0.29, 0.717) is 5.75 Å². The van der Waals surface area contributed by atoms with Crippen LogP contribution >= 0.6 is 0 Å². The first-order valence-electron chi connectivity index (χ1n) is 7.76. The molecule has 1 N–H and O–H groups in total. The first-order valence-corrected chi connectivity index (χ1v) is 7.76. The summed E-state index contributed by atoms with van der Waals surface area (Å²) in [6.45, 7) is 4.23. The predicted molar refractivity (Wildman–Crippen MR) is 78.2 cm³/mol. The molecule has 1 aliphatic carbocycles. The summed E-state index contributed by atoms with van der Waals surface area (Å²) in [5.74, 6) is 1.37. The fourth-order valence-electron chi connectivity index (χ4n) is 3.98. The van der Waals surface area contributed by atoms with Gasteiger partial charge in [0, 0.05) is 18.2 Å². The number of aromatic hydroxyl groups is 1. The molecule has 1 heterocycles. The lowest BCUT2D eigenvalue weighted by Crippen LogP contribution is -2.46. The van der Waals surface area contributed by atoms with Crippen molar-refractivity contribution in [2.75, 3.05) is 6.54 Å². The van der Waals surface area contributed by atoms with Gasteiger partial charge < -0.3 is 5.11 Å². The molecular formula is C17H25NO. The molecule has 1 aromatic rings. The molecule has 1 saturated carbocycles. The van der Waals surface area contributed by atoms with Gasteiger partial charge in [-0.3, -0.25) is 4.90 Å². The molecule has 2 atom stereocenters. The average Bonchev–Trinajstić information content (AvgIpc) is 2.43. The summed E-state index contributed by atoms with van der Waals surface area (Å²) in [5, 5.41) is 10.0. The van der Waals surface area contributed by atoms with E-state index < -0.39 is 0 Å². The third kappa shape index (κ3) is 2.79. The number of hydrogen-bond donors (Lipinski definition) is 1. The quantitative estimate of drug-likeness (QED) is 0.872. The van der Waals surface area contributed by atoms with E-state index in [-0.39, 0.29) is 0 Å². The predicted octanol–water partition coefficient (Wildman–Crippen LogP) is 3.86. The Morgan fingerprint density at radius 3 is 2.84 bits per heavy atom. The van der Waals surface area contributed by atoms with Crippen molar-refractivity contribution in [3.63, 3.8) is 0 Å². The van der Waals surface area contributed by atoms with Gasteiger partial charge in [-0.15, -0.1) is 0 Å². The number of phenols is 1. The van der Waals surface area contributed by atoms with Crippen molar-refractivity contribution in [1.82, 2.24) is 4.90 Å². The van der Waals surface area contributed by atoms with E-state index in [4.69, 9.17) is 0 Å². The van der Waals surface area contributed by atoms with E-state index in [1.54, 1.807) is 0 Å². The third-order valence-corrected chi connectivity index (χ3v) is 4.97. The Hall–Kier alpha value is -1.02.